The molecule has 0 aromatic heterocycles. The van der Waals surface area contributed by atoms with Gasteiger partial charge in [-0.2, -0.15) is 0 Å². The molecule has 5 saturated heterocycles. The van der Waals surface area contributed by atoms with Gasteiger partial charge in [-0.25, -0.2) is 0 Å². The molecule has 0 saturated carbocycles. The van der Waals surface area contributed by atoms with E-state index in [1.54, 1.807) is 0 Å². The Kier molecular flexibility index (Phi) is 16.1. The van der Waals surface area contributed by atoms with E-state index in [1.807, 2.05) is 0 Å². The van der Waals surface area contributed by atoms with Crippen molar-refractivity contribution in [1.29, 1.82) is 0 Å². The molecule has 5 aliphatic rings. The van der Waals surface area contributed by atoms with Gasteiger partial charge in [-0.05, 0) is 0 Å². The van der Waals surface area contributed by atoms with E-state index in [0.29, 0.717) is 0 Å². The Labute approximate surface area is 316 Å². The predicted molar refractivity (Wildman–Crippen MR) is 167 cm³/mol. The van der Waals surface area contributed by atoms with Gasteiger partial charge in [0.25, 0.3) is 0 Å². The summed E-state index contributed by atoms with van der Waals surface area (Å²) in [7, 11) is 0. The normalized spacial score (nSPS) is 53.2. The molecule has 56 heavy (non-hydrogen) atoms. The molecule has 5 aliphatic heterocycles. The highest BCUT2D eigenvalue weighted by Crippen LogP contribution is 2.35. The van der Waals surface area contributed by atoms with E-state index in [4.69, 9.17) is 42.6 Å². The van der Waals surface area contributed by atoms with E-state index < -0.39 is 187 Å². The molecule has 17 N–H and O–H groups in total. The molecule has 0 amide bonds. The highest BCUT2D eigenvalue weighted by molar-refractivity contribution is 4.99. The van der Waals surface area contributed by atoms with Crippen molar-refractivity contribution in [1.82, 2.24) is 0 Å². The molecule has 0 aliphatic carbocycles. The maximum Gasteiger partial charge on any atom is 0.187 e. The fourth-order valence-corrected chi connectivity index (χ4v) is 7.01. The lowest BCUT2D eigenvalue weighted by Crippen LogP contribution is -2.68. The zero-order valence-electron chi connectivity index (χ0n) is 29.2. The molecule has 26 heteroatoms. The van der Waals surface area contributed by atoms with Gasteiger partial charge in [0.15, 0.2) is 31.5 Å². The molecule has 328 valence electrons. The Bertz CT molecular complexity index is 1210. The minimum Gasteiger partial charge on any atom is -0.394 e. The van der Waals surface area contributed by atoms with Crippen molar-refractivity contribution in [3.8, 4) is 0 Å². The molecule has 5 rings (SSSR count). The first-order chi connectivity index (χ1) is 26.5. The van der Waals surface area contributed by atoms with Crippen LogP contribution in [0, 0.1) is 0 Å². The molecule has 0 aromatic rings. The van der Waals surface area contributed by atoms with Crippen molar-refractivity contribution in [2.24, 2.45) is 0 Å². The minimum atomic E-state index is -2.18. The maximum absolute atomic E-state index is 11.4. The number of rotatable bonds is 13. The van der Waals surface area contributed by atoms with Gasteiger partial charge in [-0.3, -0.25) is 0 Å². The summed E-state index contributed by atoms with van der Waals surface area (Å²) in [5.41, 5.74) is 0. The molecule has 0 unspecified atom stereocenters. The standard InChI is InChI=1S/C30H52O26/c31-1-6-11(36)16(41)17(42)27(49-6)54-23-13(38)8(3-33)51-29(19(23)44)56-25-15(40)10(5-35)52-30(21(25)46)55-24-14(39)9(4-34)50-28(20(24)45)53-22-12(37)7(2-32)48-26(47)18(22)43/h6-47H,1-5H2/t6-,7-,8-,9-,10-,11-,12-,13-,14-,15-,16+,17-,18-,19-,20-,21-,22+,23+,24+,25+,26+,27+,28+,29+,30+/m1/s1. The number of hydrogen-bond donors (Lipinski definition) is 17. The van der Waals surface area contributed by atoms with Crippen LogP contribution in [0.25, 0.3) is 0 Å². The average Bonchev–Trinajstić information content (AvgIpc) is 3.18. The second-order valence-corrected chi connectivity index (χ2v) is 13.9. The van der Waals surface area contributed by atoms with Crippen molar-refractivity contribution in [2.75, 3.05) is 33.0 Å². The van der Waals surface area contributed by atoms with Crippen LogP contribution in [-0.4, -0.2) is 273 Å². The third-order valence-corrected chi connectivity index (χ3v) is 10.3. The number of ether oxygens (including phenoxy) is 9. The van der Waals surface area contributed by atoms with Crippen LogP contribution in [0.5, 0.6) is 0 Å². The zero-order chi connectivity index (χ0) is 41.3. The summed E-state index contributed by atoms with van der Waals surface area (Å²) in [6, 6.07) is 0. The molecule has 5 heterocycles. The molecule has 0 aromatic carbocycles. The number of hydrogen-bond acceptors (Lipinski definition) is 26. The monoisotopic (exact) mass is 828 g/mol. The first kappa shape index (κ1) is 46.0. The molecule has 25 atom stereocenters. The van der Waals surface area contributed by atoms with Crippen LogP contribution >= 0.6 is 0 Å². The van der Waals surface area contributed by atoms with Crippen molar-refractivity contribution in [3.63, 3.8) is 0 Å². The topological polar surface area (TPSA) is 427 Å². The molecule has 0 spiro atoms. The smallest absolute Gasteiger partial charge is 0.187 e. The van der Waals surface area contributed by atoms with Gasteiger partial charge in [-0.15, -0.1) is 0 Å². The Hall–Kier alpha value is -1.04. The van der Waals surface area contributed by atoms with E-state index >= 15 is 0 Å². The zero-order valence-corrected chi connectivity index (χ0v) is 29.2. The van der Waals surface area contributed by atoms with Crippen molar-refractivity contribution in [2.45, 2.75) is 154 Å². The van der Waals surface area contributed by atoms with E-state index in [1.165, 1.54) is 0 Å². The third-order valence-electron chi connectivity index (χ3n) is 10.3. The van der Waals surface area contributed by atoms with Gasteiger partial charge in [0.1, 0.15) is 122 Å². The van der Waals surface area contributed by atoms with E-state index in [9.17, 15) is 86.8 Å². The summed E-state index contributed by atoms with van der Waals surface area (Å²) in [5.74, 6) is 0. The Balaban J connectivity index is 1.34. The quantitative estimate of drug-likeness (QED) is 0.0819. The first-order valence-electron chi connectivity index (χ1n) is 17.6. The van der Waals surface area contributed by atoms with Crippen molar-refractivity contribution in [3.05, 3.63) is 0 Å². The van der Waals surface area contributed by atoms with Gasteiger partial charge in [0, 0.05) is 0 Å². The fraction of sp³-hybridized carbons (Fsp3) is 1.00. The summed E-state index contributed by atoms with van der Waals surface area (Å²) in [4.78, 5) is 0. The molecule has 0 bridgehead atoms. The van der Waals surface area contributed by atoms with Crippen LogP contribution in [0.2, 0.25) is 0 Å². The van der Waals surface area contributed by atoms with E-state index in [2.05, 4.69) is 0 Å². The summed E-state index contributed by atoms with van der Waals surface area (Å²) < 4.78 is 48.9. The molecule has 0 radical (unpaired) electrons. The summed E-state index contributed by atoms with van der Waals surface area (Å²) >= 11 is 0. The fourth-order valence-electron chi connectivity index (χ4n) is 7.01. The van der Waals surface area contributed by atoms with Crippen LogP contribution in [-0.2, 0) is 42.6 Å². The number of aliphatic hydroxyl groups is 17. The Morgan fingerprint density at radius 2 is 0.518 bits per heavy atom. The molecule has 5 fully saturated rings. The summed E-state index contributed by atoms with van der Waals surface area (Å²) in [6.07, 6.45) is -47.2. The van der Waals surface area contributed by atoms with Crippen LogP contribution in [0.15, 0.2) is 0 Å². The summed E-state index contributed by atoms with van der Waals surface area (Å²) in [5, 5.41) is 177. The third kappa shape index (κ3) is 9.16. The van der Waals surface area contributed by atoms with Crippen molar-refractivity contribution < 1.29 is 129 Å². The average molecular weight is 829 g/mol. The van der Waals surface area contributed by atoms with Crippen LogP contribution < -0.4 is 0 Å². The van der Waals surface area contributed by atoms with Gasteiger partial charge < -0.3 is 129 Å². The van der Waals surface area contributed by atoms with Crippen LogP contribution in [0.4, 0.5) is 0 Å². The Morgan fingerprint density at radius 1 is 0.268 bits per heavy atom. The number of aliphatic hydroxyl groups excluding tert-OH is 17. The van der Waals surface area contributed by atoms with E-state index in [-0.39, 0.29) is 0 Å². The van der Waals surface area contributed by atoms with Crippen molar-refractivity contribution >= 4 is 0 Å². The first-order valence-corrected chi connectivity index (χ1v) is 17.6. The largest absolute Gasteiger partial charge is 0.394 e. The van der Waals surface area contributed by atoms with Gasteiger partial charge in [0.2, 0.25) is 0 Å². The lowest BCUT2D eigenvalue weighted by Gasteiger charge is -2.49. The molecule has 26 nitrogen and oxygen atoms in total. The second-order valence-electron chi connectivity index (χ2n) is 13.9. The van der Waals surface area contributed by atoms with E-state index in [0.717, 1.165) is 0 Å². The van der Waals surface area contributed by atoms with Gasteiger partial charge in [-0.1, -0.05) is 0 Å². The highest BCUT2D eigenvalue weighted by atomic mass is 16.8. The molecular weight excluding hydrogens is 776 g/mol. The lowest BCUT2D eigenvalue weighted by molar-refractivity contribution is -0.395. The molecular formula is C30H52O26. The SMILES string of the molecule is OC[C@H]1O[C@@H](O[C@@H]2[C@@H](O)[C@H](O[C@@H]3[C@@H](O)[C@H](O[C@@H]4[C@@H](O)[C@H](O[C@@H]5[C@@H](O)[C@@H](O)O[C@H](CO)[C@H]5O)O[C@H](CO)[C@H]4O)O[C@H](CO)[C@H]3O)O[C@H](CO)[C@H]2O)[C@H](O)[C@@H](O)[C@@H]1O. The van der Waals surface area contributed by atoms with Gasteiger partial charge in [0.05, 0.1) is 33.0 Å². The minimum absolute atomic E-state index is 0.837. The van der Waals surface area contributed by atoms with Crippen LogP contribution in [0.3, 0.4) is 0 Å². The summed E-state index contributed by atoms with van der Waals surface area (Å²) in [6.45, 7) is -4.58. The lowest BCUT2D eigenvalue weighted by atomic mass is 9.95. The highest BCUT2D eigenvalue weighted by Gasteiger charge is 2.56. The maximum atomic E-state index is 11.4. The van der Waals surface area contributed by atoms with Gasteiger partial charge >= 0.3 is 0 Å². The Morgan fingerprint density at radius 3 is 0.821 bits per heavy atom. The predicted octanol–water partition coefficient (Wildman–Crippen LogP) is -11.9. The van der Waals surface area contributed by atoms with Crippen LogP contribution in [0.1, 0.15) is 0 Å². The second kappa shape index (κ2) is 19.6.